The number of ether oxygens (including phenoxy) is 1. The number of carbonyl (C=O) groups is 1. The summed E-state index contributed by atoms with van der Waals surface area (Å²) in [7, 11) is -3.64. The van der Waals surface area contributed by atoms with E-state index in [1.54, 1.807) is 0 Å². The average Bonchev–Trinajstić information content (AvgIpc) is 3.36. The van der Waals surface area contributed by atoms with Crippen molar-refractivity contribution < 1.29 is 22.5 Å². The number of rotatable bonds is 8. The molecule has 2 heterocycles. The molecule has 140 valence electrons. The topological polar surface area (TPSA) is 111 Å². The third kappa shape index (κ3) is 4.67. The van der Waals surface area contributed by atoms with Crippen LogP contribution in [0.25, 0.3) is 11.4 Å². The number of hydrogen-bond donors (Lipinski definition) is 1. The van der Waals surface area contributed by atoms with E-state index in [1.165, 1.54) is 41.7 Å². The summed E-state index contributed by atoms with van der Waals surface area (Å²) in [6.45, 7) is 3.38. The second kappa shape index (κ2) is 8.25. The highest BCUT2D eigenvalue weighted by Crippen LogP contribution is 2.19. The predicted molar refractivity (Wildman–Crippen MR) is 98.6 cm³/mol. The molecule has 0 aliphatic rings. The van der Waals surface area contributed by atoms with Crippen molar-refractivity contribution in [2.75, 3.05) is 6.54 Å². The Morgan fingerprint density at radius 3 is 2.74 bits per heavy atom. The zero-order valence-electron chi connectivity index (χ0n) is 14.0. The molecule has 3 rings (SSSR count). The molecule has 27 heavy (non-hydrogen) atoms. The van der Waals surface area contributed by atoms with Crippen molar-refractivity contribution in [2.45, 2.75) is 11.5 Å². The lowest BCUT2D eigenvalue weighted by molar-refractivity contribution is 0.0429. The summed E-state index contributed by atoms with van der Waals surface area (Å²) in [5, 5.41) is 7.59. The molecular weight excluding hydrogens is 390 g/mol. The number of benzene rings is 1. The van der Waals surface area contributed by atoms with Gasteiger partial charge in [0.2, 0.25) is 15.8 Å². The van der Waals surface area contributed by atoms with Crippen molar-refractivity contribution in [2.24, 2.45) is 0 Å². The van der Waals surface area contributed by atoms with E-state index in [-0.39, 0.29) is 29.5 Å². The summed E-state index contributed by atoms with van der Waals surface area (Å²) in [5.74, 6) is -0.0467. The van der Waals surface area contributed by atoms with Crippen LogP contribution in [0, 0.1) is 0 Å². The second-order valence-electron chi connectivity index (χ2n) is 5.26. The number of nitrogens with zero attached hydrogens (tertiary/aromatic N) is 2. The van der Waals surface area contributed by atoms with Gasteiger partial charge < -0.3 is 9.26 Å². The quantitative estimate of drug-likeness (QED) is 0.453. The molecule has 0 fully saturated rings. The Morgan fingerprint density at radius 1 is 1.30 bits per heavy atom. The number of sulfonamides is 1. The fraction of sp³-hybridized carbons (Fsp3) is 0.118. The highest BCUT2D eigenvalue weighted by Gasteiger charge is 2.16. The van der Waals surface area contributed by atoms with Crippen molar-refractivity contribution in [3.63, 3.8) is 0 Å². The molecule has 0 bridgehead atoms. The Balaban J connectivity index is 1.61. The van der Waals surface area contributed by atoms with Gasteiger partial charge in [-0.1, -0.05) is 11.2 Å². The number of aromatic nitrogens is 2. The summed E-state index contributed by atoms with van der Waals surface area (Å²) < 4.78 is 36.5. The molecule has 1 N–H and O–H groups in total. The highest BCUT2D eigenvalue weighted by molar-refractivity contribution is 7.89. The minimum atomic E-state index is -3.64. The Labute approximate surface area is 159 Å². The maximum absolute atomic E-state index is 12.1. The van der Waals surface area contributed by atoms with Gasteiger partial charge in [0.05, 0.1) is 10.5 Å². The van der Waals surface area contributed by atoms with E-state index in [4.69, 9.17) is 9.26 Å². The maximum atomic E-state index is 12.1. The number of nitrogens with one attached hydrogen (secondary N) is 1. The average molecular weight is 405 g/mol. The first-order valence-electron chi connectivity index (χ1n) is 7.72. The minimum absolute atomic E-state index is 0.0400. The van der Waals surface area contributed by atoms with Crippen LogP contribution in [0.4, 0.5) is 0 Å². The number of thiophene rings is 1. The summed E-state index contributed by atoms with van der Waals surface area (Å²) in [6, 6.07) is 7.24. The Morgan fingerprint density at radius 2 is 2.07 bits per heavy atom. The van der Waals surface area contributed by atoms with E-state index >= 15 is 0 Å². The summed E-state index contributed by atoms with van der Waals surface area (Å²) in [4.78, 5) is 16.3. The molecule has 0 atom stereocenters. The largest absolute Gasteiger partial charge is 0.452 e. The third-order valence-corrected chi connectivity index (χ3v) is 5.51. The lowest BCUT2D eigenvalue weighted by Gasteiger charge is -2.06. The van der Waals surface area contributed by atoms with Gasteiger partial charge in [-0.25, -0.2) is 17.9 Å². The Kier molecular flexibility index (Phi) is 5.79. The number of carbonyl (C=O) groups excluding carboxylic acids is 1. The molecule has 1 aromatic carbocycles. The molecule has 0 spiro atoms. The van der Waals surface area contributed by atoms with Crippen LogP contribution < -0.4 is 4.72 Å². The van der Waals surface area contributed by atoms with E-state index in [0.29, 0.717) is 5.82 Å². The molecule has 0 saturated heterocycles. The lowest BCUT2D eigenvalue weighted by Crippen LogP contribution is -2.23. The molecule has 8 nitrogen and oxygen atoms in total. The molecule has 10 heteroatoms. The van der Waals surface area contributed by atoms with Crippen molar-refractivity contribution >= 4 is 27.3 Å². The van der Waals surface area contributed by atoms with E-state index in [9.17, 15) is 13.2 Å². The SMILES string of the molecule is C=CCNS(=O)(=O)c1ccc(C(=O)OCc2nc(-c3ccsc3)no2)cc1. The van der Waals surface area contributed by atoms with Crippen LogP contribution in [-0.2, 0) is 21.4 Å². The fourth-order valence-corrected chi connectivity index (χ4v) is 3.69. The first-order chi connectivity index (χ1) is 13.0. The molecular formula is C17H15N3O5S2. The van der Waals surface area contributed by atoms with Crippen LogP contribution >= 0.6 is 11.3 Å². The van der Waals surface area contributed by atoms with E-state index in [2.05, 4.69) is 21.4 Å². The van der Waals surface area contributed by atoms with Gasteiger partial charge in [-0.05, 0) is 35.7 Å². The van der Waals surface area contributed by atoms with Crippen molar-refractivity contribution in [3.05, 3.63) is 65.2 Å². The first-order valence-corrected chi connectivity index (χ1v) is 10.1. The highest BCUT2D eigenvalue weighted by atomic mass is 32.2. The van der Waals surface area contributed by atoms with Gasteiger partial charge in [0, 0.05) is 17.5 Å². The normalized spacial score (nSPS) is 11.3. The first kappa shape index (κ1) is 19.0. The van der Waals surface area contributed by atoms with Crippen LogP contribution in [0.15, 0.2) is 63.2 Å². The molecule has 0 radical (unpaired) electrons. The molecule has 0 amide bonds. The third-order valence-electron chi connectivity index (χ3n) is 3.39. The zero-order chi connectivity index (χ0) is 19.3. The smallest absolute Gasteiger partial charge is 0.338 e. The molecule has 0 aliphatic carbocycles. The van der Waals surface area contributed by atoms with Gasteiger partial charge in [-0.3, -0.25) is 0 Å². The predicted octanol–water partition coefficient (Wildman–Crippen LogP) is 2.62. The minimum Gasteiger partial charge on any atom is -0.452 e. The molecule has 0 saturated carbocycles. The van der Waals surface area contributed by atoms with E-state index in [0.717, 1.165) is 5.56 Å². The zero-order valence-corrected chi connectivity index (χ0v) is 15.6. The Bertz CT molecular complexity index is 1020. The van der Waals surface area contributed by atoms with Crippen molar-refractivity contribution in [1.29, 1.82) is 0 Å². The van der Waals surface area contributed by atoms with Crippen molar-refractivity contribution in [1.82, 2.24) is 14.9 Å². The number of hydrogen-bond acceptors (Lipinski definition) is 8. The van der Waals surface area contributed by atoms with Crippen LogP contribution in [0.3, 0.4) is 0 Å². The van der Waals surface area contributed by atoms with E-state index in [1.807, 2.05) is 16.8 Å². The monoisotopic (exact) mass is 405 g/mol. The van der Waals surface area contributed by atoms with Gasteiger partial charge >= 0.3 is 5.97 Å². The van der Waals surface area contributed by atoms with Crippen molar-refractivity contribution in [3.8, 4) is 11.4 Å². The molecule has 0 aliphatic heterocycles. The maximum Gasteiger partial charge on any atom is 0.338 e. The molecule has 3 aromatic rings. The van der Waals surface area contributed by atoms with Gasteiger partial charge in [0.15, 0.2) is 6.61 Å². The molecule has 0 unspecified atom stereocenters. The summed E-state index contributed by atoms with van der Waals surface area (Å²) >= 11 is 1.51. The Hall–Kier alpha value is -2.82. The van der Waals surface area contributed by atoms with Gasteiger partial charge in [0.1, 0.15) is 0 Å². The van der Waals surface area contributed by atoms with Gasteiger partial charge in [-0.2, -0.15) is 16.3 Å². The molecule has 2 aromatic heterocycles. The summed E-state index contributed by atoms with van der Waals surface area (Å²) in [5.41, 5.74) is 1.03. The lowest BCUT2D eigenvalue weighted by atomic mass is 10.2. The van der Waals surface area contributed by atoms with Crippen LogP contribution in [-0.4, -0.2) is 31.1 Å². The van der Waals surface area contributed by atoms with Crippen LogP contribution in [0.5, 0.6) is 0 Å². The number of esters is 1. The van der Waals surface area contributed by atoms with Gasteiger partial charge in [0.25, 0.3) is 5.89 Å². The van der Waals surface area contributed by atoms with Crippen LogP contribution in [0.2, 0.25) is 0 Å². The fourth-order valence-electron chi connectivity index (χ4n) is 2.06. The van der Waals surface area contributed by atoms with Crippen LogP contribution in [0.1, 0.15) is 16.2 Å². The standard InChI is InChI=1S/C17H15N3O5S2/c1-2-8-18-27(22,23)14-5-3-12(4-6-14)17(21)24-10-15-19-16(20-25-15)13-7-9-26-11-13/h2-7,9,11,18H,1,8,10H2. The van der Waals surface area contributed by atoms with Gasteiger partial charge in [-0.15, -0.1) is 6.58 Å². The summed E-state index contributed by atoms with van der Waals surface area (Å²) in [6.07, 6.45) is 1.44. The second-order valence-corrected chi connectivity index (χ2v) is 7.81. The van der Waals surface area contributed by atoms with E-state index < -0.39 is 16.0 Å².